The van der Waals surface area contributed by atoms with Crippen molar-refractivity contribution >= 4 is 6.03 Å². The van der Waals surface area contributed by atoms with Crippen LogP contribution in [0.3, 0.4) is 0 Å². The molecular weight excluding hydrogens is 172 g/mol. The third-order valence-corrected chi connectivity index (χ3v) is 1.51. The van der Waals surface area contributed by atoms with Crippen molar-refractivity contribution in [3.63, 3.8) is 0 Å². The van der Waals surface area contributed by atoms with Crippen molar-refractivity contribution in [2.24, 2.45) is 7.05 Å². The summed E-state index contributed by atoms with van der Waals surface area (Å²) in [6, 6.07) is -0.164. The lowest BCUT2D eigenvalue weighted by Gasteiger charge is -2.10. The number of aryl methyl sites for hydroxylation is 1. The summed E-state index contributed by atoms with van der Waals surface area (Å²) in [5, 5.41) is 13.4. The van der Waals surface area contributed by atoms with Crippen molar-refractivity contribution < 1.29 is 4.79 Å². The maximum absolute atomic E-state index is 11.1. The summed E-state index contributed by atoms with van der Waals surface area (Å²) in [6.45, 7) is 0.334. The van der Waals surface area contributed by atoms with E-state index in [1.807, 2.05) is 0 Å². The number of amides is 2. The SMILES string of the molecule is CN(C)C(=O)NCc1nnnn1C. The molecule has 0 aromatic carbocycles. The number of carbonyl (C=O) groups is 1. The van der Waals surface area contributed by atoms with Gasteiger partial charge >= 0.3 is 6.03 Å². The molecule has 1 aromatic rings. The first-order chi connectivity index (χ1) is 6.11. The molecule has 0 unspecified atom stereocenters. The number of rotatable bonds is 2. The van der Waals surface area contributed by atoms with E-state index in [0.29, 0.717) is 12.4 Å². The Labute approximate surface area is 75.7 Å². The minimum Gasteiger partial charge on any atom is -0.331 e. The summed E-state index contributed by atoms with van der Waals surface area (Å²) in [6.07, 6.45) is 0. The zero-order valence-corrected chi connectivity index (χ0v) is 7.85. The van der Waals surface area contributed by atoms with Gasteiger partial charge in [-0.1, -0.05) is 0 Å². The lowest BCUT2D eigenvalue weighted by atomic mass is 10.6. The number of tetrazole rings is 1. The minimum atomic E-state index is -0.164. The highest BCUT2D eigenvalue weighted by Gasteiger charge is 2.05. The molecular formula is C6H12N6O. The predicted molar refractivity (Wildman–Crippen MR) is 44.7 cm³/mol. The first kappa shape index (κ1) is 9.43. The van der Waals surface area contributed by atoms with Crippen molar-refractivity contribution in [2.45, 2.75) is 6.54 Å². The normalized spacial score (nSPS) is 9.77. The lowest BCUT2D eigenvalue weighted by molar-refractivity contribution is 0.216. The van der Waals surface area contributed by atoms with Gasteiger partial charge in [0.2, 0.25) is 0 Å². The van der Waals surface area contributed by atoms with Gasteiger partial charge in [0, 0.05) is 21.1 Å². The standard InChI is InChI=1S/C6H12N6O/c1-11(2)6(13)7-4-5-8-9-10-12(5)3/h4H2,1-3H3,(H,7,13). The van der Waals surface area contributed by atoms with E-state index >= 15 is 0 Å². The van der Waals surface area contributed by atoms with Gasteiger partial charge in [-0.15, -0.1) is 5.10 Å². The molecule has 7 nitrogen and oxygen atoms in total. The van der Waals surface area contributed by atoms with Crippen LogP contribution in [0.15, 0.2) is 0 Å². The third kappa shape index (κ3) is 2.39. The Bertz CT molecular complexity index is 293. The van der Waals surface area contributed by atoms with Crippen molar-refractivity contribution in [3.05, 3.63) is 5.82 Å². The van der Waals surface area contributed by atoms with Crippen LogP contribution in [-0.4, -0.2) is 45.2 Å². The van der Waals surface area contributed by atoms with Crippen LogP contribution in [-0.2, 0) is 13.6 Å². The van der Waals surface area contributed by atoms with Gasteiger partial charge < -0.3 is 10.2 Å². The van der Waals surface area contributed by atoms with E-state index in [1.54, 1.807) is 21.1 Å². The number of nitrogens with one attached hydrogen (secondary N) is 1. The molecule has 0 saturated heterocycles. The highest BCUT2D eigenvalue weighted by atomic mass is 16.2. The molecule has 13 heavy (non-hydrogen) atoms. The highest BCUT2D eigenvalue weighted by molar-refractivity contribution is 5.73. The first-order valence-electron chi connectivity index (χ1n) is 3.77. The van der Waals surface area contributed by atoms with E-state index in [-0.39, 0.29) is 6.03 Å². The summed E-state index contributed by atoms with van der Waals surface area (Å²) in [5.74, 6) is 0.621. The largest absolute Gasteiger partial charge is 0.331 e. The Kier molecular flexibility index (Phi) is 2.78. The zero-order chi connectivity index (χ0) is 9.84. The van der Waals surface area contributed by atoms with Gasteiger partial charge in [-0.25, -0.2) is 9.48 Å². The topological polar surface area (TPSA) is 75.9 Å². The second-order valence-electron chi connectivity index (χ2n) is 2.77. The molecule has 7 heteroatoms. The third-order valence-electron chi connectivity index (χ3n) is 1.51. The quantitative estimate of drug-likeness (QED) is 0.638. The minimum absolute atomic E-state index is 0.164. The molecule has 0 saturated carbocycles. The number of urea groups is 1. The van der Waals surface area contributed by atoms with E-state index < -0.39 is 0 Å². The number of hydrogen-bond donors (Lipinski definition) is 1. The molecule has 2 amide bonds. The van der Waals surface area contributed by atoms with Crippen molar-refractivity contribution in [2.75, 3.05) is 14.1 Å². The molecule has 0 aliphatic carbocycles. The Morgan fingerprint density at radius 1 is 1.62 bits per heavy atom. The molecule has 0 atom stereocenters. The van der Waals surface area contributed by atoms with Crippen LogP contribution in [0.2, 0.25) is 0 Å². The number of aromatic nitrogens is 4. The first-order valence-corrected chi connectivity index (χ1v) is 3.77. The monoisotopic (exact) mass is 184 g/mol. The van der Waals surface area contributed by atoms with E-state index in [9.17, 15) is 4.79 Å². The number of nitrogens with zero attached hydrogens (tertiary/aromatic N) is 5. The fourth-order valence-electron chi connectivity index (χ4n) is 0.711. The van der Waals surface area contributed by atoms with E-state index in [0.717, 1.165) is 0 Å². The van der Waals surface area contributed by atoms with Gasteiger partial charge in [-0.3, -0.25) is 0 Å². The van der Waals surface area contributed by atoms with E-state index in [1.165, 1.54) is 9.58 Å². The molecule has 1 aromatic heterocycles. The molecule has 0 aliphatic heterocycles. The Morgan fingerprint density at radius 2 is 2.31 bits per heavy atom. The molecule has 0 radical (unpaired) electrons. The second-order valence-corrected chi connectivity index (χ2v) is 2.77. The number of hydrogen-bond acceptors (Lipinski definition) is 4. The highest BCUT2D eigenvalue weighted by Crippen LogP contribution is 1.87. The fraction of sp³-hybridized carbons (Fsp3) is 0.667. The molecule has 0 fully saturated rings. The molecule has 1 N–H and O–H groups in total. The fourth-order valence-corrected chi connectivity index (χ4v) is 0.711. The van der Waals surface area contributed by atoms with Crippen LogP contribution in [0.5, 0.6) is 0 Å². The van der Waals surface area contributed by atoms with Crippen LogP contribution in [0.25, 0.3) is 0 Å². The van der Waals surface area contributed by atoms with Crippen molar-refractivity contribution in [1.29, 1.82) is 0 Å². The summed E-state index contributed by atoms with van der Waals surface area (Å²) >= 11 is 0. The zero-order valence-electron chi connectivity index (χ0n) is 7.85. The van der Waals surface area contributed by atoms with Crippen LogP contribution >= 0.6 is 0 Å². The van der Waals surface area contributed by atoms with E-state index in [4.69, 9.17) is 0 Å². The molecule has 72 valence electrons. The summed E-state index contributed by atoms with van der Waals surface area (Å²) < 4.78 is 1.51. The van der Waals surface area contributed by atoms with Gasteiger partial charge in [0.25, 0.3) is 0 Å². The lowest BCUT2D eigenvalue weighted by Crippen LogP contribution is -2.34. The summed E-state index contributed by atoms with van der Waals surface area (Å²) in [4.78, 5) is 12.5. The van der Waals surface area contributed by atoms with Gasteiger partial charge in [0.1, 0.15) is 0 Å². The molecule has 0 spiro atoms. The van der Waals surface area contributed by atoms with Gasteiger partial charge in [0.15, 0.2) is 5.82 Å². The van der Waals surface area contributed by atoms with Crippen molar-refractivity contribution in [1.82, 2.24) is 30.4 Å². The van der Waals surface area contributed by atoms with Crippen LogP contribution in [0.4, 0.5) is 4.79 Å². The van der Waals surface area contributed by atoms with Crippen molar-refractivity contribution in [3.8, 4) is 0 Å². The smallest absolute Gasteiger partial charge is 0.317 e. The summed E-state index contributed by atoms with van der Waals surface area (Å²) in [5.41, 5.74) is 0. The van der Waals surface area contributed by atoms with Gasteiger partial charge in [-0.2, -0.15) is 0 Å². The summed E-state index contributed by atoms with van der Waals surface area (Å²) in [7, 11) is 5.06. The average Bonchev–Trinajstić information content (AvgIpc) is 2.47. The van der Waals surface area contributed by atoms with Crippen LogP contribution in [0, 0.1) is 0 Å². The molecule has 1 heterocycles. The maximum atomic E-state index is 11.1. The second kappa shape index (κ2) is 3.83. The van der Waals surface area contributed by atoms with E-state index in [2.05, 4.69) is 20.8 Å². The van der Waals surface area contributed by atoms with Crippen LogP contribution < -0.4 is 5.32 Å². The Hall–Kier alpha value is -1.66. The predicted octanol–water partition coefficient (Wildman–Crippen LogP) is -1.02. The molecule has 0 bridgehead atoms. The van der Waals surface area contributed by atoms with Gasteiger partial charge in [0.05, 0.1) is 6.54 Å². The molecule has 0 aliphatic rings. The Morgan fingerprint density at radius 3 is 2.77 bits per heavy atom. The Balaban J connectivity index is 2.44. The van der Waals surface area contributed by atoms with Gasteiger partial charge in [-0.05, 0) is 10.4 Å². The number of carbonyl (C=O) groups excluding carboxylic acids is 1. The van der Waals surface area contributed by atoms with Crippen LogP contribution in [0.1, 0.15) is 5.82 Å². The molecule has 1 rings (SSSR count). The average molecular weight is 184 g/mol. The maximum Gasteiger partial charge on any atom is 0.317 e.